The fourth-order valence-corrected chi connectivity index (χ4v) is 5.40. The van der Waals surface area contributed by atoms with Gasteiger partial charge >= 0.3 is 0 Å². The van der Waals surface area contributed by atoms with Gasteiger partial charge in [-0.25, -0.2) is 0 Å². The van der Waals surface area contributed by atoms with Crippen LogP contribution < -0.4 is 16.3 Å². The summed E-state index contributed by atoms with van der Waals surface area (Å²) in [6.07, 6.45) is 9.00. The quantitative estimate of drug-likeness (QED) is 0.826. The average molecular weight is 341 g/mol. The Morgan fingerprint density at radius 3 is 1.42 bits per heavy atom. The third-order valence-electron chi connectivity index (χ3n) is 4.37. The number of amides is 1. The van der Waals surface area contributed by atoms with Gasteiger partial charge < -0.3 is 5.73 Å². The Balaban J connectivity index is 0.000000292. The first-order chi connectivity index (χ1) is 11.7. The molecule has 3 heteroatoms. The van der Waals surface area contributed by atoms with Gasteiger partial charge in [-0.1, -0.05) is 99.2 Å². The van der Waals surface area contributed by atoms with E-state index in [1.165, 1.54) is 49.1 Å². The van der Waals surface area contributed by atoms with Crippen LogP contribution in [0.15, 0.2) is 60.7 Å². The number of hydrogen-bond donors (Lipinski definition) is 1. The summed E-state index contributed by atoms with van der Waals surface area (Å²) in [5.74, 6) is -0.242. The molecule has 1 atom stereocenters. The van der Waals surface area contributed by atoms with Crippen LogP contribution in [-0.2, 0) is 4.79 Å². The highest BCUT2D eigenvalue weighted by atomic mass is 31.1. The summed E-state index contributed by atoms with van der Waals surface area (Å²) in [6.45, 7) is 1.91. The predicted molar refractivity (Wildman–Crippen MR) is 105 cm³/mol. The number of hydrogen-bond acceptors (Lipinski definition) is 1. The molecule has 2 N–H and O–H groups in total. The molecule has 1 aliphatic carbocycles. The lowest BCUT2D eigenvalue weighted by atomic mass is 10.0. The number of rotatable bonds is 4. The zero-order valence-corrected chi connectivity index (χ0v) is 15.4. The molecule has 0 aliphatic heterocycles. The van der Waals surface area contributed by atoms with Crippen LogP contribution in [0, 0.1) is 0 Å². The van der Waals surface area contributed by atoms with Crippen LogP contribution in [-0.4, -0.2) is 11.6 Å². The number of primary amides is 1. The minimum Gasteiger partial charge on any atom is -0.369 e. The van der Waals surface area contributed by atoms with Crippen LogP contribution in [0.25, 0.3) is 0 Å². The van der Waals surface area contributed by atoms with Gasteiger partial charge in [-0.15, -0.1) is 0 Å². The lowest BCUT2D eigenvalue weighted by Crippen LogP contribution is -2.31. The molecule has 2 aromatic carbocycles. The first-order valence-corrected chi connectivity index (χ1v) is 10.3. The van der Waals surface area contributed by atoms with Crippen molar-refractivity contribution in [3.8, 4) is 0 Å². The van der Waals surface area contributed by atoms with Crippen molar-refractivity contribution in [3.63, 3.8) is 0 Å². The summed E-state index contributed by atoms with van der Waals surface area (Å²) in [4.78, 5) is 11.5. The smallest absolute Gasteiger partial charge is 0.225 e. The molecule has 0 heterocycles. The van der Waals surface area contributed by atoms with Gasteiger partial charge in [0.05, 0.1) is 5.66 Å². The topological polar surface area (TPSA) is 43.1 Å². The molecule has 0 spiro atoms. The Morgan fingerprint density at radius 1 is 0.792 bits per heavy atom. The van der Waals surface area contributed by atoms with Crippen molar-refractivity contribution in [1.82, 2.24) is 0 Å². The second-order valence-corrected chi connectivity index (χ2v) is 8.79. The van der Waals surface area contributed by atoms with Gasteiger partial charge in [0.15, 0.2) is 0 Å². The molecule has 2 aromatic rings. The zero-order valence-electron chi connectivity index (χ0n) is 14.5. The number of carbonyl (C=O) groups excluding carboxylic acids is 1. The summed E-state index contributed by atoms with van der Waals surface area (Å²) in [6, 6.07) is 20.2. The fraction of sp³-hybridized carbons (Fsp3) is 0.381. The lowest BCUT2D eigenvalue weighted by Gasteiger charge is -2.23. The molecule has 0 bridgehead atoms. The van der Waals surface area contributed by atoms with E-state index in [1.807, 2.05) is 43.3 Å². The van der Waals surface area contributed by atoms with E-state index < -0.39 is 7.92 Å². The molecule has 0 saturated heterocycles. The summed E-state index contributed by atoms with van der Waals surface area (Å²) in [5, 5.41) is 2.37. The van der Waals surface area contributed by atoms with Crippen molar-refractivity contribution in [2.75, 3.05) is 0 Å². The van der Waals surface area contributed by atoms with Crippen molar-refractivity contribution in [2.45, 2.75) is 51.1 Å². The molecule has 3 rings (SSSR count). The second-order valence-electron chi connectivity index (χ2n) is 6.24. The lowest BCUT2D eigenvalue weighted by molar-refractivity contribution is -0.117. The van der Waals surface area contributed by atoms with Crippen molar-refractivity contribution in [2.24, 2.45) is 5.73 Å². The normalized spacial score (nSPS) is 15.2. The van der Waals surface area contributed by atoms with E-state index in [-0.39, 0.29) is 11.6 Å². The van der Waals surface area contributed by atoms with E-state index in [1.54, 1.807) is 0 Å². The minimum absolute atomic E-state index is 0.162. The van der Waals surface area contributed by atoms with Crippen LogP contribution in [0.3, 0.4) is 0 Å². The molecular weight excluding hydrogens is 313 g/mol. The van der Waals surface area contributed by atoms with Crippen LogP contribution >= 0.6 is 7.92 Å². The van der Waals surface area contributed by atoms with E-state index in [2.05, 4.69) is 24.3 Å². The van der Waals surface area contributed by atoms with Crippen molar-refractivity contribution >= 4 is 24.4 Å². The molecule has 1 amide bonds. The highest BCUT2D eigenvalue weighted by Gasteiger charge is 2.24. The van der Waals surface area contributed by atoms with E-state index in [0.717, 1.165) is 0 Å². The van der Waals surface area contributed by atoms with Crippen LogP contribution in [0.1, 0.15) is 45.4 Å². The van der Waals surface area contributed by atoms with E-state index in [4.69, 9.17) is 5.73 Å². The van der Waals surface area contributed by atoms with Crippen molar-refractivity contribution in [1.29, 1.82) is 0 Å². The average Bonchev–Trinajstić information content (AvgIpc) is 2.65. The van der Waals surface area contributed by atoms with E-state index in [0.29, 0.717) is 0 Å². The van der Waals surface area contributed by atoms with Gasteiger partial charge in [0, 0.05) is 0 Å². The molecule has 1 fully saturated rings. The minimum atomic E-state index is -0.726. The Morgan fingerprint density at radius 2 is 1.12 bits per heavy atom. The van der Waals surface area contributed by atoms with Crippen molar-refractivity contribution < 1.29 is 4.79 Å². The third-order valence-corrected chi connectivity index (χ3v) is 7.11. The Bertz CT molecular complexity index is 545. The monoisotopic (exact) mass is 341 g/mol. The maximum absolute atomic E-state index is 11.5. The number of carbonyl (C=O) groups is 1. The molecule has 1 unspecified atom stereocenters. The molecule has 0 radical (unpaired) electrons. The van der Waals surface area contributed by atoms with Gasteiger partial charge in [-0.05, 0) is 25.5 Å². The second kappa shape index (κ2) is 10.3. The molecule has 2 nitrogen and oxygen atoms in total. The first-order valence-electron chi connectivity index (χ1n) is 8.89. The molecule has 1 aliphatic rings. The van der Waals surface area contributed by atoms with Crippen LogP contribution in [0.2, 0.25) is 0 Å². The summed E-state index contributed by atoms with van der Waals surface area (Å²) < 4.78 is 0. The third kappa shape index (κ3) is 5.76. The predicted octanol–water partition coefficient (Wildman–Crippen LogP) is 4.33. The van der Waals surface area contributed by atoms with Gasteiger partial charge in [0.1, 0.15) is 0 Å². The summed E-state index contributed by atoms with van der Waals surface area (Å²) >= 11 is 0. The molecule has 128 valence electrons. The molecule has 0 aromatic heterocycles. The maximum atomic E-state index is 11.5. The first kappa shape index (κ1) is 18.7. The highest BCUT2D eigenvalue weighted by molar-refractivity contribution is 7.74. The van der Waals surface area contributed by atoms with Gasteiger partial charge in [-0.2, -0.15) is 0 Å². The Kier molecular flexibility index (Phi) is 7.98. The Hall–Kier alpha value is -1.66. The standard InChI is InChI=1S/C15H16NOP.C6H12/c1-12(15(16)17)18(13-8-4-2-5-9-13)14-10-6-3-7-11-14;1-2-4-6-5-3-1/h2-12H,1H3,(H2,16,17);1-6H2. The fourth-order valence-electron chi connectivity index (χ4n) is 2.96. The summed E-state index contributed by atoms with van der Waals surface area (Å²) in [5.41, 5.74) is 5.33. The number of nitrogens with two attached hydrogens (primary N) is 1. The molecule has 24 heavy (non-hydrogen) atoms. The molecular formula is C21H28NOP. The Labute approximate surface area is 147 Å². The van der Waals surface area contributed by atoms with E-state index >= 15 is 0 Å². The maximum Gasteiger partial charge on any atom is 0.225 e. The number of benzene rings is 2. The van der Waals surface area contributed by atoms with Crippen LogP contribution in [0.4, 0.5) is 0 Å². The van der Waals surface area contributed by atoms with Gasteiger partial charge in [0.2, 0.25) is 5.91 Å². The van der Waals surface area contributed by atoms with E-state index in [9.17, 15) is 4.79 Å². The van der Waals surface area contributed by atoms with Crippen molar-refractivity contribution in [3.05, 3.63) is 60.7 Å². The SMILES string of the molecule is C1CCCCC1.CC(C(N)=O)P(c1ccccc1)c1ccccc1. The summed E-state index contributed by atoms with van der Waals surface area (Å²) in [7, 11) is -0.726. The highest BCUT2D eigenvalue weighted by Crippen LogP contribution is 2.38. The van der Waals surface area contributed by atoms with Gasteiger partial charge in [-0.3, -0.25) is 4.79 Å². The van der Waals surface area contributed by atoms with Crippen LogP contribution in [0.5, 0.6) is 0 Å². The van der Waals surface area contributed by atoms with Gasteiger partial charge in [0.25, 0.3) is 0 Å². The largest absolute Gasteiger partial charge is 0.369 e. The zero-order chi connectivity index (χ0) is 17.2. The molecule has 1 saturated carbocycles.